The van der Waals surface area contributed by atoms with E-state index < -0.39 is 64.5 Å². The zero-order valence-corrected chi connectivity index (χ0v) is 45.8. The zero-order valence-electron chi connectivity index (χ0n) is 42.6. The average molecular weight is 1130 g/mol. The molecule has 2 aliphatic heterocycles. The highest BCUT2D eigenvalue weighted by molar-refractivity contribution is 7.99. The maximum atomic E-state index is 14.3. The van der Waals surface area contributed by atoms with Gasteiger partial charge in [0.1, 0.15) is 17.0 Å². The number of amides is 3. The van der Waals surface area contributed by atoms with Gasteiger partial charge >= 0.3 is 11.6 Å². The second-order valence-electron chi connectivity index (χ2n) is 19.6. The summed E-state index contributed by atoms with van der Waals surface area (Å²) in [5, 5.41) is 3.55. The summed E-state index contributed by atoms with van der Waals surface area (Å²) in [6.45, 7) is 9.40. The monoisotopic (exact) mass is 1130 g/mol. The first kappa shape index (κ1) is 57.9. The van der Waals surface area contributed by atoms with Crippen molar-refractivity contribution in [3.8, 4) is 11.1 Å². The zero-order chi connectivity index (χ0) is 54.8. The Morgan fingerprint density at radius 2 is 1.49 bits per heavy atom. The van der Waals surface area contributed by atoms with E-state index in [1.54, 1.807) is 49.9 Å². The number of benzene rings is 5. The second-order valence-corrected chi connectivity index (χ2v) is 24.7. The van der Waals surface area contributed by atoms with Gasteiger partial charge in [-0.3, -0.25) is 14.5 Å². The molecule has 408 valence electrons. The van der Waals surface area contributed by atoms with Crippen LogP contribution in [-0.2, 0) is 34.1 Å². The first-order valence-electron chi connectivity index (χ1n) is 24.7. The molecular formula is C54H62ClF3N6O9S3. The van der Waals surface area contributed by atoms with Crippen molar-refractivity contribution in [1.82, 2.24) is 14.5 Å². The second kappa shape index (κ2) is 25.1. The summed E-state index contributed by atoms with van der Waals surface area (Å²) in [5.74, 6) is -1.01. The molecule has 2 N–H and O–H groups in total. The number of para-hydroxylation sites is 1. The molecule has 22 heteroatoms. The molecule has 0 saturated carbocycles. The predicted molar refractivity (Wildman–Crippen MR) is 290 cm³/mol. The van der Waals surface area contributed by atoms with Crippen molar-refractivity contribution in [3.05, 3.63) is 132 Å². The topological polar surface area (TPSA) is 175 Å². The van der Waals surface area contributed by atoms with E-state index in [1.807, 2.05) is 71.5 Å². The molecule has 76 heavy (non-hydrogen) atoms. The number of ether oxygens (including phenoxy) is 2. The normalized spacial score (nSPS) is 15.4. The van der Waals surface area contributed by atoms with Crippen LogP contribution in [-0.4, -0.2) is 134 Å². The van der Waals surface area contributed by atoms with E-state index in [1.165, 1.54) is 35.8 Å². The quantitative estimate of drug-likeness (QED) is 0.0749. The maximum Gasteiger partial charge on any atom is 0.501 e. The minimum atomic E-state index is -6.10. The molecule has 7 rings (SSSR count). The number of hydrogen-bond acceptors (Lipinski definition) is 13. The number of sulfone groups is 1. The highest BCUT2D eigenvalue weighted by Gasteiger charge is 2.48. The van der Waals surface area contributed by atoms with Crippen LogP contribution in [0.2, 0.25) is 5.02 Å². The number of likely N-dealkylation sites (N-methyl/N-ethyl adjacent to an activating group) is 1. The number of carbonyl (C=O) groups is 3. The summed E-state index contributed by atoms with van der Waals surface area (Å²) in [6, 6.07) is 32.1. The molecule has 0 radical (unpaired) electrons. The molecule has 3 amide bonds. The van der Waals surface area contributed by atoms with Gasteiger partial charge in [0.15, 0.2) is 0 Å². The van der Waals surface area contributed by atoms with E-state index in [0.29, 0.717) is 94.3 Å². The molecule has 5 aromatic carbocycles. The third-order valence-corrected chi connectivity index (χ3v) is 17.1. The van der Waals surface area contributed by atoms with Crippen molar-refractivity contribution in [2.24, 2.45) is 5.92 Å². The van der Waals surface area contributed by atoms with Crippen molar-refractivity contribution < 1.29 is 53.9 Å². The summed E-state index contributed by atoms with van der Waals surface area (Å²) < 4.78 is 109. The van der Waals surface area contributed by atoms with E-state index in [0.717, 1.165) is 33.8 Å². The minimum absolute atomic E-state index is 0.0393. The number of thioether (sulfide) groups is 1. The third kappa shape index (κ3) is 15.4. The SMILES string of the molecule is CN(CC(=O)N(CC1CCN(c2ccc(C(=O)NS(=O)(=O)c3ccc(N[C@H](CCN4CCOCC4)CSc4ccccc4)c(S(=O)(=O)C(F)(F)F)c3)cc2)CC1)c1ccccc1-c1ccc(Cl)cc1)C(=O)OC(C)(C)C. The lowest BCUT2D eigenvalue weighted by molar-refractivity contribution is -0.119. The lowest BCUT2D eigenvalue weighted by Crippen LogP contribution is -2.46. The fourth-order valence-electron chi connectivity index (χ4n) is 8.74. The van der Waals surface area contributed by atoms with E-state index in [2.05, 4.69) is 15.1 Å². The number of alkyl halides is 3. The van der Waals surface area contributed by atoms with Gasteiger partial charge in [0.05, 0.1) is 29.5 Å². The molecule has 0 aliphatic carbocycles. The molecule has 15 nitrogen and oxygen atoms in total. The van der Waals surface area contributed by atoms with Crippen molar-refractivity contribution in [1.29, 1.82) is 0 Å². The molecule has 1 atom stereocenters. The fraction of sp³-hybridized carbons (Fsp3) is 0.389. The summed E-state index contributed by atoms with van der Waals surface area (Å²) >= 11 is 7.64. The van der Waals surface area contributed by atoms with Gasteiger partial charge < -0.3 is 29.5 Å². The van der Waals surface area contributed by atoms with Gasteiger partial charge in [0.25, 0.3) is 25.8 Å². The molecular weight excluding hydrogens is 1070 g/mol. The fourth-order valence-corrected chi connectivity index (χ4v) is 11.9. The lowest BCUT2D eigenvalue weighted by Gasteiger charge is -2.37. The number of morpholine rings is 1. The summed E-state index contributed by atoms with van der Waals surface area (Å²) in [5.41, 5.74) is -3.99. The van der Waals surface area contributed by atoms with Gasteiger partial charge in [-0.1, -0.05) is 60.1 Å². The highest BCUT2D eigenvalue weighted by Crippen LogP contribution is 2.38. The number of piperidine rings is 1. The number of nitrogens with zero attached hydrogens (tertiary/aromatic N) is 4. The van der Waals surface area contributed by atoms with Crippen LogP contribution < -0.4 is 19.8 Å². The van der Waals surface area contributed by atoms with E-state index in [9.17, 15) is 44.4 Å². The number of rotatable bonds is 19. The van der Waals surface area contributed by atoms with Crippen LogP contribution in [0.3, 0.4) is 0 Å². The Bertz CT molecular complexity index is 3030. The van der Waals surface area contributed by atoms with Crippen LogP contribution in [0.25, 0.3) is 11.1 Å². The van der Waals surface area contributed by atoms with Gasteiger partial charge in [-0.05, 0) is 124 Å². The molecule has 2 saturated heterocycles. The van der Waals surface area contributed by atoms with Crippen LogP contribution in [0.15, 0.2) is 136 Å². The Kier molecular flexibility index (Phi) is 19.1. The first-order valence-corrected chi connectivity index (χ1v) is 29.0. The van der Waals surface area contributed by atoms with Crippen LogP contribution in [0.1, 0.15) is 50.4 Å². The number of hydrogen-bond donors (Lipinski definition) is 2. The van der Waals surface area contributed by atoms with Gasteiger partial charge in [-0.2, -0.15) is 13.2 Å². The Hall–Kier alpha value is -5.84. The van der Waals surface area contributed by atoms with Crippen LogP contribution in [0, 0.1) is 5.92 Å². The number of halogens is 4. The largest absolute Gasteiger partial charge is 0.501 e. The maximum absolute atomic E-state index is 14.3. The van der Waals surface area contributed by atoms with Crippen molar-refractivity contribution in [3.63, 3.8) is 0 Å². The molecule has 2 fully saturated rings. The Morgan fingerprint density at radius 3 is 2.13 bits per heavy atom. The van der Waals surface area contributed by atoms with Crippen LogP contribution in [0.4, 0.5) is 35.0 Å². The molecule has 0 unspecified atom stereocenters. The van der Waals surface area contributed by atoms with Crippen molar-refractivity contribution >= 4 is 78.2 Å². The minimum Gasteiger partial charge on any atom is -0.444 e. The number of anilines is 3. The van der Waals surface area contributed by atoms with E-state index >= 15 is 0 Å². The summed E-state index contributed by atoms with van der Waals surface area (Å²) in [7, 11) is -9.50. The predicted octanol–water partition coefficient (Wildman–Crippen LogP) is 9.83. The smallest absolute Gasteiger partial charge is 0.444 e. The number of carbonyl (C=O) groups excluding carboxylic acids is 3. The van der Waals surface area contributed by atoms with Crippen LogP contribution in [0.5, 0.6) is 0 Å². The standard InChI is InChI=1S/C54H62ClF3N6O9S3/c1-53(2,3)73-52(67)61(4)36-50(65)64(48-13-9-8-12-46(48)39-14-18-41(55)19-15-39)35-38-24-28-63(29-25-38)43-20-16-40(17-21-43)51(66)60-76(70,71)45-22-23-47(49(34-45)75(68,69)54(56,57)58)59-42(26-27-62-30-32-72-33-31-62)37-74-44-10-6-5-7-11-44/h5-23,34,38,42,59H,24-33,35-37H2,1-4H3,(H,60,66)/t42-/m1/s1. The van der Waals surface area contributed by atoms with Crippen molar-refractivity contribution in [2.45, 2.75) is 71.9 Å². The van der Waals surface area contributed by atoms with Crippen molar-refractivity contribution in [2.75, 3.05) is 86.9 Å². The third-order valence-electron chi connectivity index (χ3n) is 12.8. The lowest BCUT2D eigenvalue weighted by atomic mass is 9.94. The molecule has 0 spiro atoms. The van der Waals surface area contributed by atoms with E-state index in [4.69, 9.17) is 21.1 Å². The summed E-state index contributed by atoms with van der Waals surface area (Å²) in [6.07, 6.45) is 1.11. The first-order chi connectivity index (χ1) is 36.0. The molecule has 2 heterocycles. The summed E-state index contributed by atoms with van der Waals surface area (Å²) in [4.78, 5) is 46.6. The van der Waals surface area contributed by atoms with Gasteiger partial charge in [0, 0.05) is 84.8 Å². The number of nitrogens with one attached hydrogen (secondary N) is 2. The average Bonchev–Trinajstić information content (AvgIpc) is 3.38. The molecule has 0 bridgehead atoms. The van der Waals surface area contributed by atoms with Gasteiger partial charge in [-0.15, -0.1) is 11.8 Å². The van der Waals surface area contributed by atoms with E-state index in [-0.39, 0.29) is 23.9 Å². The highest BCUT2D eigenvalue weighted by atomic mass is 35.5. The Labute approximate surface area is 452 Å². The molecule has 5 aromatic rings. The Morgan fingerprint density at radius 1 is 0.842 bits per heavy atom. The Balaban J connectivity index is 1.03. The van der Waals surface area contributed by atoms with Gasteiger partial charge in [0.2, 0.25) is 5.91 Å². The number of sulfonamides is 1. The molecule has 2 aliphatic rings. The van der Waals surface area contributed by atoms with Crippen LogP contribution >= 0.6 is 23.4 Å². The van der Waals surface area contributed by atoms with Gasteiger partial charge in [-0.25, -0.2) is 26.4 Å². The molecule has 0 aromatic heterocycles.